The van der Waals surface area contributed by atoms with E-state index in [4.69, 9.17) is 9.15 Å². The highest BCUT2D eigenvalue weighted by molar-refractivity contribution is 9.10. The van der Waals surface area contributed by atoms with Crippen molar-refractivity contribution in [3.05, 3.63) is 39.8 Å². The summed E-state index contributed by atoms with van der Waals surface area (Å²) in [6.07, 6.45) is 3.73. The maximum atomic E-state index is 5.57. The van der Waals surface area contributed by atoms with Gasteiger partial charge in [-0.25, -0.2) is 4.98 Å². The van der Waals surface area contributed by atoms with Crippen molar-refractivity contribution in [2.75, 3.05) is 6.61 Å². The van der Waals surface area contributed by atoms with Crippen LogP contribution in [0.25, 0.3) is 0 Å². The van der Waals surface area contributed by atoms with Crippen molar-refractivity contribution in [1.82, 2.24) is 9.97 Å². The molecule has 5 heteroatoms. The molecule has 16 heavy (non-hydrogen) atoms. The third-order valence-electron chi connectivity index (χ3n) is 2.81. The highest BCUT2D eigenvalue weighted by Gasteiger charge is 2.28. The van der Waals surface area contributed by atoms with Crippen molar-refractivity contribution in [1.29, 1.82) is 0 Å². The van der Waals surface area contributed by atoms with Crippen LogP contribution < -0.4 is 0 Å². The summed E-state index contributed by atoms with van der Waals surface area (Å²) in [5, 5.41) is 0. The number of aromatic nitrogens is 2. The largest absolute Gasteiger partial charge is 0.445 e. The van der Waals surface area contributed by atoms with E-state index < -0.39 is 0 Å². The Hall–Kier alpha value is -1.07. The number of halogens is 1. The fourth-order valence-corrected chi connectivity index (χ4v) is 2.46. The summed E-state index contributed by atoms with van der Waals surface area (Å²) in [4.78, 5) is 7.42. The molecule has 1 atom stereocenters. The normalized spacial score (nSPS) is 19.8. The van der Waals surface area contributed by atoms with E-state index in [2.05, 4.69) is 25.9 Å². The first-order valence-electron chi connectivity index (χ1n) is 5.11. The summed E-state index contributed by atoms with van der Waals surface area (Å²) in [7, 11) is 0. The van der Waals surface area contributed by atoms with Crippen LogP contribution in [0.4, 0.5) is 0 Å². The standard InChI is InChI=1S/C11H11BrN2O2/c1-6-2-14-11(16-6)9-5-15-4-8-7(9)3-13-10(8)12/h2-3,9,13H,4-5H2,1H3. The van der Waals surface area contributed by atoms with Crippen LogP contribution in [0.2, 0.25) is 0 Å². The van der Waals surface area contributed by atoms with Crippen molar-refractivity contribution in [2.24, 2.45) is 0 Å². The van der Waals surface area contributed by atoms with Gasteiger partial charge in [-0.1, -0.05) is 0 Å². The molecule has 1 N–H and O–H groups in total. The molecule has 3 heterocycles. The molecule has 0 spiro atoms. The molecule has 0 aliphatic carbocycles. The van der Waals surface area contributed by atoms with Gasteiger partial charge in [0.2, 0.25) is 5.89 Å². The second kappa shape index (κ2) is 3.75. The minimum Gasteiger partial charge on any atom is -0.445 e. The Morgan fingerprint density at radius 2 is 2.44 bits per heavy atom. The first-order chi connectivity index (χ1) is 7.75. The van der Waals surface area contributed by atoms with Crippen LogP contribution in [-0.2, 0) is 11.3 Å². The minimum absolute atomic E-state index is 0.0972. The monoisotopic (exact) mass is 282 g/mol. The summed E-state index contributed by atoms with van der Waals surface area (Å²) in [5.74, 6) is 1.65. The molecule has 0 amide bonds. The van der Waals surface area contributed by atoms with E-state index in [1.165, 1.54) is 5.56 Å². The number of H-pyrrole nitrogens is 1. The van der Waals surface area contributed by atoms with Gasteiger partial charge in [-0.3, -0.25) is 0 Å². The smallest absolute Gasteiger partial charge is 0.204 e. The molecule has 2 aromatic rings. The van der Waals surface area contributed by atoms with Crippen LogP contribution in [0.3, 0.4) is 0 Å². The number of ether oxygens (including phenoxy) is 1. The van der Waals surface area contributed by atoms with E-state index in [-0.39, 0.29) is 5.92 Å². The van der Waals surface area contributed by atoms with E-state index in [0.29, 0.717) is 13.2 Å². The summed E-state index contributed by atoms with van der Waals surface area (Å²) in [5.41, 5.74) is 2.37. The number of fused-ring (bicyclic) bond motifs is 1. The number of aryl methyl sites for hydroxylation is 1. The predicted molar refractivity (Wildman–Crippen MR) is 61.2 cm³/mol. The molecule has 3 rings (SSSR count). The number of rotatable bonds is 1. The van der Waals surface area contributed by atoms with Gasteiger partial charge in [0.15, 0.2) is 0 Å². The van der Waals surface area contributed by atoms with Crippen molar-refractivity contribution in [3.63, 3.8) is 0 Å². The lowest BCUT2D eigenvalue weighted by atomic mass is 9.97. The molecule has 0 aromatic carbocycles. The molecule has 0 radical (unpaired) electrons. The number of nitrogens with one attached hydrogen (secondary N) is 1. The molecule has 84 valence electrons. The number of hydrogen-bond acceptors (Lipinski definition) is 3. The Kier molecular flexibility index (Phi) is 2.37. The average Bonchev–Trinajstić information content (AvgIpc) is 2.86. The predicted octanol–water partition coefficient (Wildman–Crippen LogP) is 2.74. The Morgan fingerprint density at radius 1 is 1.56 bits per heavy atom. The van der Waals surface area contributed by atoms with Crippen molar-refractivity contribution < 1.29 is 9.15 Å². The van der Waals surface area contributed by atoms with Gasteiger partial charge in [-0.05, 0) is 28.4 Å². The van der Waals surface area contributed by atoms with Crippen LogP contribution in [0.5, 0.6) is 0 Å². The molecule has 2 aromatic heterocycles. The second-order valence-corrected chi connectivity index (χ2v) is 4.71. The van der Waals surface area contributed by atoms with Crippen molar-refractivity contribution >= 4 is 15.9 Å². The topological polar surface area (TPSA) is 51.0 Å². The second-order valence-electron chi connectivity index (χ2n) is 3.91. The van der Waals surface area contributed by atoms with Crippen LogP contribution in [0.1, 0.15) is 28.7 Å². The summed E-state index contributed by atoms with van der Waals surface area (Å²) in [6, 6.07) is 0. The first kappa shape index (κ1) is 10.1. The molecule has 0 saturated carbocycles. The third-order valence-corrected chi connectivity index (χ3v) is 3.52. The maximum Gasteiger partial charge on any atom is 0.204 e. The van der Waals surface area contributed by atoms with Gasteiger partial charge in [-0.15, -0.1) is 0 Å². The van der Waals surface area contributed by atoms with Gasteiger partial charge in [-0.2, -0.15) is 0 Å². The van der Waals surface area contributed by atoms with E-state index in [0.717, 1.165) is 21.8 Å². The fourth-order valence-electron chi connectivity index (χ4n) is 2.01. The van der Waals surface area contributed by atoms with Crippen LogP contribution in [-0.4, -0.2) is 16.6 Å². The fraction of sp³-hybridized carbons (Fsp3) is 0.364. The van der Waals surface area contributed by atoms with Crippen LogP contribution in [0, 0.1) is 6.92 Å². The van der Waals surface area contributed by atoms with Crippen molar-refractivity contribution in [3.8, 4) is 0 Å². The average molecular weight is 283 g/mol. The Morgan fingerprint density at radius 3 is 3.19 bits per heavy atom. The van der Waals surface area contributed by atoms with Gasteiger partial charge in [0, 0.05) is 11.8 Å². The number of oxazole rings is 1. The van der Waals surface area contributed by atoms with Crippen molar-refractivity contribution in [2.45, 2.75) is 19.4 Å². The summed E-state index contributed by atoms with van der Waals surface area (Å²) in [6.45, 7) is 3.15. The molecule has 1 aliphatic rings. The van der Waals surface area contributed by atoms with Gasteiger partial charge < -0.3 is 14.1 Å². The Bertz CT molecular complexity index is 518. The number of hydrogen-bond donors (Lipinski definition) is 1. The first-order valence-corrected chi connectivity index (χ1v) is 5.90. The van der Waals surface area contributed by atoms with Gasteiger partial charge in [0.05, 0.1) is 29.9 Å². The molecule has 1 unspecified atom stereocenters. The number of nitrogens with zero attached hydrogens (tertiary/aromatic N) is 1. The van der Waals surface area contributed by atoms with E-state index >= 15 is 0 Å². The maximum absolute atomic E-state index is 5.57. The number of aromatic amines is 1. The zero-order chi connectivity index (χ0) is 11.1. The molecule has 0 saturated heterocycles. The van der Waals surface area contributed by atoms with E-state index in [9.17, 15) is 0 Å². The quantitative estimate of drug-likeness (QED) is 0.875. The third kappa shape index (κ3) is 1.51. The van der Waals surface area contributed by atoms with Gasteiger partial charge >= 0.3 is 0 Å². The minimum atomic E-state index is 0.0972. The lowest BCUT2D eigenvalue weighted by Crippen LogP contribution is -2.16. The Balaban J connectivity index is 2.05. The molecule has 4 nitrogen and oxygen atoms in total. The molecule has 0 bridgehead atoms. The van der Waals surface area contributed by atoms with Crippen LogP contribution in [0.15, 0.2) is 21.4 Å². The lowest BCUT2D eigenvalue weighted by molar-refractivity contribution is 0.0933. The van der Waals surface area contributed by atoms with E-state index in [1.54, 1.807) is 6.20 Å². The summed E-state index contributed by atoms with van der Waals surface area (Å²) < 4.78 is 12.1. The highest BCUT2D eigenvalue weighted by atomic mass is 79.9. The highest BCUT2D eigenvalue weighted by Crippen LogP contribution is 2.35. The zero-order valence-electron chi connectivity index (χ0n) is 8.79. The Labute approximate surface area is 101 Å². The SMILES string of the molecule is Cc1cnc(C2COCc3c2c[nH]c3Br)o1. The van der Waals surface area contributed by atoms with Gasteiger partial charge in [0.25, 0.3) is 0 Å². The van der Waals surface area contributed by atoms with Crippen LogP contribution >= 0.6 is 15.9 Å². The molecule has 0 fully saturated rings. The molecule has 1 aliphatic heterocycles. The zero-order valence-corrected chi connectivity index (χ0v) is 10.4. The molecular formula is C11H11BrN2O2. The van der Waals surface area contributed by atoms with E-state index in [1.807, 2.05) is 13.1 Å². The molecular weight excluding hydrogens is 272 g/mol. The van der Waals surface area contributed by atoms with Gasteiger partial charge in [0.1, 0.15) is 5.76 Å². The lowest BCUT2D eigenvalue weighted by Gasteiger charge is -2.20. The summed E-state index contributed by atoms with van der Waals surface area (Å²) >= 11 is 3.47.